The molecule has 1 fully saturated rings. The molecule has 0 amide bonds. The van der Waals surface area contributed by atoms with Crippen LogP contribution in [-0.2, 0) is 19.1 Å². The molecule has 0 saturated carbocycles. The smallest absolute Gasteiger partial charge is 0.335 e. The second-order valence-electron chi connectivity index (χ2n) is 5.76. The van der Waals surface area contributed by atoms with E-state index in [9.17, 15) is 14.7 Å². The van der Waals surface area contributed by atoms with Crippen molar-refractivity contribution >= 4 is 11.9 Å². The van der Waals surface area contributed by atoms with Crippen molar-refractivity contribution in [2.75, 3.05) is 6.61 Å². The second kappa shape index (κ2) is 8.64. The summed E-state index contributed by atoms with van der Waals surface area (Å²) in [6.45, 7) is 5.96. The highest BCUT2D eigenvalue weighted by Gasteiger charge is 2.48. The van der Waals surface area contributed by atoms with Crippen LogP contribution in [0.3, 0.4) is 0 Å². The lowest BCUT2D eigenvalue weighted by molar-refractivity contribution is -0.162. The molecule has 1 heterocycles. The van der Waals surface area contributed by atoms with Gasteiger partial charge in [-0.3, -0.25) is 0 Å². The summed E-state index contributed by atoms with van der Waals surface area (Å²) in [5.74, 6) is -1.87. The van der Waals surface area contributed by atoms with E-state index in [4.69, 9.17) is 14.6 Å². The first-order valence-corrected chi connectivity index (χ1v) is 7.57. The van der Waals surface area contributed by atoms with Gasteiger partial charge in [0, 0.05) is 6.08 Å². The highest BCUT2D eigenvalue weighted by Crippen LogP contribution is 2.33. The summed E-state index contributed by atoms with van der Waals surface area (Å²) in [6, 6.07) is 0. The van der Waals surface area contributed by atoms with Gasteiger partial charge in [0.1, 0.15) is 5.60 Å². The third-order valence-electron chi connectivity index (χ3n) is 3.73. The van der Waals surface area contributed by atoms with E-state index < -0.39 is 29.7 Å². The third-order valence-corrected chi connectivity index (χ3v) is 3.73. The molecule has 0 aromatic rings. The minimum Gasteiger partial charge on any atom is -0.478 e. The number of carbonyl (C=O) groups excluding carboxylic acids is 1. The maximum absolute atomic E-state index is 12.0. The molecule has 0 aromatic heterocycles. The molecule has 0 unspecified atom stereocenters. The molecule has 128 valence electrons. The fraction of sp³-hybridized carbons (Fsp3) is 0.529. The van der Waals surface area contributed by atoms with E-state index in [1.807, 2.05) is 13.8 Å². The van der Waals surface area contributed by atoms with Gasteiger partial charge >= 0.3 is 11.9 Å². The molecule has 23 heavy (non-hydrogen) atoms. The Morgan fingerprint density at radius 3 is 2.43 bits per heavy atom. The molecule has 1 aliphatic rings. The van der Waals surface area contributed by atoms with Crippen molar-refractivity contribution in [1.82, 2.24) is 0 Å². The van der Waals surface area contributed by atoms with E-state index in [1.165, 1.54) is 6.08 Å². The third kappa shape index (κ3) is 6.38. The van der Waals surface area contributed by atoms with Gasteiger partial charge < -0.3 is 19.7 Å². The monoisotopic (exact) mass is 324 g/mol. The number of allylic oxidation sites excluding steroid dienone is 4. The highest BCUT2D eigenvalue weighted by atomic mass is 16.6. The average Bonchev–Trinajstić information content (AvgIpc) is 3.26. The lowest BCUT2D eigenvalue weighted by Crippen LogP contribution is -2.37. The Morgan fingerprint density at radius 2 is 1.91 bits per heavy atom. The van der Waals surface area contributed by atoms with Crippen LogP contribution in [0, 0.1) is 5.92 Å². The molecule has 0 radical (unpaired) electrons. The normalized spacial score (nSPS) is 24.9. The van der Waals surface area contributed by atoms with Gasteiger partial charge in [-0.25, -0.2) is 9.59 Å². The number of rotatable bonds is 9. The zero-order valence-electron chi connectivity index (χ0n) is 13.6. The number of hydrogen-bond acceptors (Lipinski definition) is 5. The molecule has 1 rings (SSSR count). The number of aliphatic hydroxyl groups is 1. The van der Waals surface area contributed by atoms with Crippen LogP contribution in [0.25, 0.3) is 0 Å². The SMILES string of the molecule is CC[C@H](C)[C@@H](O)C(=O)O[C@H](/C=C/C=C/C=C/C(=O)O)[C@]1(C)CO1. The van der Waals surface area contributed by atoms with Gasteiger partial charge in [-0.2, -0.15) is 0 Å². The molecule has 1 saturated heterocycles. The molecule has 0 aromatic carbocycles. The van der Waals surface area contributed by atoms with E-state index in [0.717, 1.165) is 6.08 Å². The lowest BCUT2D eigenvalue weighted by Gasteiger charge is -2.22. The van der Waals surface area contributed by atoms with Crippen LogP contribution in [0.1, 0.15) is 27.2 Å². The number of aliphatic hydroxyl groups excluding tert-OH is 1. The van der Waals surface area contributed by atoms with Crippen molar-refractivity contribution in [3.05, 3.63) is 36.5 Å². The molecule has 6 heteroatoms. The number of carboxylic acid groups (broad SMARTS) is 1. The summed E-state index contributed by atoms with van der Waals surface area (Å²) >= 11 is 0. The number of ether oxygens (including phenoxy) is 2. The summed E-state index contributed by atoms with van der Waals surface area (Å²) in [4.78, 5) is 22.3. The topological polar surface area (TPSA) is 96.4 Å². The first kappa shape index (κ1) is 19.1. The van der Waals surface area contributed by atoms with Gasteiger partial charge in [-0.05, 0) is 18.9 Å². The van der Waals surface area contributed by atoms with Crippen molar-refractivity contribution in [1.29, 1.82) is 0 Å². The Kier molecular flexibility index (Phi) is 7.19. The number of epoxide rings is 1. The number of aliphatic carboxylic acids is 1. The van der Waals surface area contributed by atoms with Crippen LogP contribution in [0.15, 0.2) is 36.5 Å². The quantitative estimate of drug-likeness (QED) is 0.291. The summed E-state index contributed by atoms with van der Waals surface area (Å²) in [7, 11) is 0. The van der Waals surface area contributed by atoms with E-state index >= 15 is 0 Å². The Balaban J connectivity index is 2.64. The van der Waals surface area contributed by atoms with Crippen molar-refractivity contribution in [2.24, 2.45) is 5.92 Å². The first-order chi connectivity index (χ1) is 10.8. The second-order valence-corrected chi connectivity index (χ2v) is 5.76. The Morgan fingerprint density at radius 1 is 1.30 bits per heavy atom. The van der Waals surface area contributed by atoms with Gasteiger partial charge in [0.2, 0.25) is 0 Å². The average molecular weight is 324 g/mol. The van der Waals surface area contributed by atoms with Crippen LogP contribution in [0.2, 0.25) is 0 Å². The Bertz CT molecular complexity index is 501. The maximum Gasteiger partial charge on any atom is 0.335 e. The van der Waals surface area contributed by atoms with Gasteiger partial charge in [-0.1, -0.05) is 44.6 Å². The van der Waals surface area contributed by atoms with Crippen molar-refractivity contribution in [3.8, 4) is 0 Å². The molecule has 6 nitrogen and oxygen atoms in total. The highest BCUT2D eigenvalue weighted by molar-refractivity contribution is 5.80. The lowest BCUT2D eigenvalue weighted by atomic mass is 10.0. The van der Waals surface area contributed by atoms with Gasteiger partial charge in [0.15, 0.2) is 12.2 Å². The van der Waals surface area contributed by atoms with Gasteiger partial charge in [0.25, 0.3) is 0 Å². The summed E-state index contributed by atoms with van der Waals surface area (Å²) < 4.78 is 10.7. The molecule has 0 spiro atoms. The van der Waals surface area contributed by atoms with Gasteiger partial charge in [0.05, 0.1) is 6.61 Å². The Hall–Kier alpha value is -1.92. The number of carbonyl (C=O) groups is 2. The fourth-order valence-electron chi connectivity index (χ4n) is 1.73. The molecular formula is C17H24O6. The van der Waals surface area contributed by atoms with Crippen LogP contribution in [-0.4, -0.2) is 46.6 Å². The van der Waals surface area contributed by atoms with E-state index in [-0.39, 0.29) is 5.92 Å². The Labute approximate surface area is 136 Å². The van der Waals surface area contributed by atoms with Crippen molar-refractivity contribution in [3.63, 3.8) is 0 Å². The minimum atomic E-state index is -1.16. The van der Waals surface area contributed by atoms with Crippen LogP contribution in [0.5, 0.6) is 0 Å². The zero-order chi connectivity index (χ0) is 17.5. The van der Waals surface area contributed by atoms with Crippen molar-refractivity contribution in [2.45, 2.75) is 45.0 Å². The number of hydrogen-bond donors (Lipinski definition) is 2. The molecule has 1 aliphatic heterocycles. The largest absolute Gasteiger partial charge is 0.478 e. The summed E-state index contributed by atoms with van der Waals surface area (Å²) in [5.41, 5.74) is -0.577. The zero-order valence-corrected chi connectivity index (χ0v) is 13.6. The molecule has 0 bridgehead atoms. The van der Waals surface area contributed by atoms with Crippen LogP contribution >= 0.6 is 0 Å². The van der Waals surface area contributed by atoms with E-state index in [2.05, 4.69) is 0 Å². The van der Waals surface area contributed by atoms with E-state index in [1.54, 1.807) is 31.2 Å². The first-order valence-electron chi connectivity index (χ1n) is 7.57. The predicted octanol–water partition coefficient (Wildman–Crippen LogP) is 1.85. The van der Waals surface area contributed by atoms with E-state index in [0.29, 0.717) is 13.0 Å². The minimum absolute atomic E-state index is 0.180. The van der Waals surface area contributed by atoms with Crippen LogP contribution < -0.4 is 0 Å². The molecular weight excluding hydrogens is 300 g/mol. The summed E-state index contributed by atoms with van der Waals surface area (Å²) in [6.07, 6.45) is 7.76. The standard InChI is InChI=1S/C17H24O6/c1-4-12(2)15(20)16(21)23-13(17(3)11-22-17)9-7-5-6-8-10-14(18)19/h5-10,12-13,15,20H,4,11H2,1-3H3,(H,18,19)/b6-5+,9-7+,10-8+/t12-,13+,15+,17-/m0/s1. The summed E-state index contributed by atoms with van der Waals surface area (Å²) in [5, 5.41) is 18.3. The molecule has 2 N–H and O–H groups in total. The predicted molar refractivity (Wildman–Crippen MR) is 84.8 cm³/mol. The van der Waals surface area contributed by atoms with Crippen LogP contribution in [0.4, 0.5) is 0 Å². The number of carboxylic acids is 1. The molecule has 4 atom stereocenters. The maximum atomic E-state index is 12.0. The fourth-order valence-corrected chi connectivity index (χ4v) is 1.73. The molecule has 0 aliphatic carbocycles. The number of esters is 1. The van der Waals surface area contributed by atoms with Crippen molar-refractivity contribution < 1.29 is 29.3 Å². The van der Waals surface area contributed by atoms with Gasteiger partial charge in [-0.15, -0.1) is 0 Å².